The number of hydrogen-bond acceptors (Lipinski definition) is 7. The summed E-state index contributed by atoms with van der Waals surface area (Å²) in [5.74, 6) is -0.976. The molecule has 13 heteroatoms. The first kappa shape index (κ1) is 37.9. The molecule has 264 valence electrons. The SMILES string of the molecule is CCCCNC(=O)C(Cc1ccccc1)N(Cc1ccccc1C)C(=O)CN(c1cc(Cl)ccc1OC)S(=O)(=O)c1ccc(C)c([N+](=O)[O-])c1. The summed E-state index contributed by atoms with van der Waals surface area (Å²) < 4.78 is 35.3. The normalized spacial score (nSPS) is 11.8. The Morgan fingerprint density at radius 3 is 2.32 bits per heavy atom. The van der Waals surface area contributed by atoms with Crippen LogP contribution < -0.4 is 14.4 Å². The Balaban J connectivity index is 1.89. The molecule has 1 N–H and O–H groups in total. The molecular formula is C37H41ClN4O7S. The lowest BCUT2D eigenvalue weighted by molar-refractivity contribution is -0.385. The Morgan fingerprint density at radius 2 is 1.66 bits per heavy atom. The molecule has 0 heterocycles. The van der Waals surface area contributed by atoms with Gasteiger partial charge in [-0.25, -0.2) is 8.42 Å². The van der Waals surface area contributed by atoms with Crippen molar-refractivity contribution in [3.8, 4) is 5.75 Å². The summed E-state index contributed by atoms with van der Waals surface area (Å²) in [6.45, 7) is 5.02. The van der Waals surface area contributed by atoms with E-state index in [2.05, 4.69) is 5.32 Å². The van der Waals surface area contributed by atoms with Crippen molar-refractivity contribution in [3.63, 3.8) is 0 Å². The largest absolute Gasteiger partial charge is 0.495 e. The van der Waals surface area contributed by atoms with E-state index in [1.165, 1.54) is 49.3 Å². The number of benzene rings is 4. The number of aryl methyl sites for hydroxylation is 2. The van der Waals surface area contributed by atoms with Crippen LogP contribution in [0.15, 0.2) is 95.9 Å². The number of nitrogens with zero attached hydrogens (tertiary/aromatic N) is 3. The fourth-order valence-corrected chi connectivity index (χ4v) is 7.08. The molecule has 0 saturated heterocycles. The van der Waals surface area contributed by atoms with Crippen molar-refractivity contribution in [1.82, 2.24) is 10.2 Å². The molecule has 0 aliphatic heterocycles. The molecular weight excluding hydrogens is 680 g/mol. The Morgan fingerprint density at radius 1 is 0.960 bits per heavy atom. The van der Waals surface area contributed by atoms with Crippen LogP contribution in [-0.2, 0) is 32.6 Å². The molecule has 4 aromatic carbocycles. The number of carbonyl (C=O) groups is 2. The van der Waals surface area contributed by atoms with Gasteiger partial charge in [-0.15, -0.1) is 0 Å². The van der Waals surface area contributed by atoms with Crippen LogP contribution in [0.5, 0.6) is 5.75 Å². The first-order valence-corrected chi connectivity index (χ1v) is 18.0. The molecule has 0 aromatic heterocycles. The summed E-state index contributed by atoms with van der Waals surface area (Å²) in [6.07, 6.45) is 1.74. The molecule has 1 unspecified atom stereocenters. The third kappa shape index (κ3) is 9.19. The topological polar surface area (TPSA) is 139 Å². The van der Waals surface area contributed by atoms with Gasteiger partial charge in [0.15, 0.2) is 0 Å². The fourth-order valence-electron chi connectivity index (χ4n) is 5.48. The second kappa shape index (κ2) is 17.1. The third-order valence-corrected chi connectivity index (χ3v) is 10.3. The Kier molecular flexibility index (Phi) is 13.0. The monoisotopic (exact) mass is 720 g/mol. The van der Waals surface area contributed by atoms with Gasteiger partial charge in [-0.05, 0) is 61.2 Å². The maximum Gasteiger partial charge on any atom is 0.273 e. The summed E-state index contributed by atoms with van der Waals surface area (Å²) in [6, 6.07) is 23.5. The predicted octanol–water partition coefficient (Wildman–Crippen LogP) is 6.63. The van der Waals surface area contributed by atoms with Crippen LogP contribution in [0.1, 0.15) is 42.0 Å². The zero-order chi connectivity index (χ0) is 36.4. The Bertz CT molecular complexity index is 1940. The number of carbonyl (C=O) groups excluding carboxylic acids is 2. The predicted molar refractivity (Wildman–Crippen MR) is 194 cm³/mol. The average molecular weight is 721 g/mol. The molecule has 4 rings (SSSR count). The maximum absolute atomic E-state index is 14.8. The van der Waals surface area contributed by atoms with Crippen LogP contribution in [0.2, 0.25) is 5.02 Å². The van der Waals surface area contributed by atoms with E-state index in [0.717, 1.165) is 39.9 Å². The molecule has 0 bridgehead atoms. The van der Waals surface area contributed by atoms with Crippen LogP contribution in [0.25, 0.3) is 0 Å². The number of ether oxygens (including phenoxy) is 1. The van der Waals surface area contributed by atoms with E-state index >= 15 is 0 Å². The van der Waals surface area contributed by atoms with E-state index in [0.29, 0.717) is 6.54 Å². The van der Waals surface area contributed by atoms with Crippen molar-refractivity contribution in [3.05, 3.63) is 128 Å². The number of hydrogen-bond donors (Lipinski definition) is 1. The Hall–Kier alpha value is -4.94. The summed E-state index contributed by atoms with van der Waals surface area (Å²) in [4.78, 5) is 40.8. The molecule has 11 nitrogen and oxygen atoms in total. The lowest BCUT2D eigenvalue weighted by Gasteiger charge is -2.34. The van der Waals surface area contributed by atoms with Crippen LogP contribution in [0.4, 0.5) is 11.4 Å². The van der Waals surface area contributed by atoms with Crippen LogP contribution in [-0.4, -0.2) is 56.3 Å². The zero-order valence-corrected chi connectivity index (χ0v) is 30.0. The minimum absolute atomic E-state index is 0.000770. The van der Waals surface area contributed by atoms with Crippen molar-refractivity contribution in [2.24, 2.45) is 0 Å². The van der Waals surface area contributed by atoms with Gasteiger partial charge in [0.05, 0.1) is 22.6 Å². The van der Waals surface area contributed by atoms with Crippen molar-refractivity contribution >= 4 is 44.8 Å². The van der Waals surface area contributed by atoms with Crippen molar-refractivity contribution in [1.29, 1.82) is 0 Å². The van der Waals surface area contributed by atoms with Crippen LogP contribution >= 0.6 is 11.6 Å². The van der Waals surface area contributed by atoms with E-state index in [1.807, 2.05) is 68.4 Å². The standard InChI is InChI=1S/C37H41ClN4O7S/c1-5-6-20-39-37(44)34(21-28-13-8-7-9-14-28)40(24-29-15-11-10-12-26(29)2)36(43)25-41(33-22-30(38)17-19-35(33)49-4)50(47,48)31-18-16-27(3)32(23-31)42(45)46/h7-19,22-23,34H,5-6,20-21,24-25H2,1-4H3,(H,39,44). The molecule has 0 fully saturated rings. The van der Waals surface area contributed by atoms with Crippen LogP contribution in [0, 0.1) is 24.0 Å². The maximum atomic E-state index is 14.8. The number of amides is 2. The molecule has 0 spiro atoms. The van der Waals surface area contributed by atoms with E-state index in [9.17, 15) is 28.1 Å². The number of nitro benzene ring substituents is 1. The highest BCUT2D eigenvalue weighted by atomic mass is 35.5. The van der Waals surface area contributed by atoms with E-state index in [1.54, 1.807) is 0 Å². The molecule has 50 heavy (non-hydrogen) atoms. The second-order valence-corrected chi connectivity index (χ2v) is 14.1. The Labute approximate surface area is 298 Å². The van der Waals surface area contributed by atoms with Gasteiger partial charge in [0.1, 0.15) is 18.3 Å². The van der Waals surface area contributed by atoms with Gasteiger partial charge in [0, 0.05) is 36.2 Å². The average Bonchev–Trinajstić information content (AvgIpc) is 3.09. The molecule has 0 radical (unpaired) electrons. The molecule has 4 aromatic rings. The van der Waals surface area contributed by atoms with E-state index in [-0.39, 0.29) is 40.9 Å². The molecule has 2 amide bonds. The van der Waals surface area contributed by atoms with Crippen molar-refractivity contribution in [2.45, 2.75) is 57.5 Å². The number of rotatable bonds is 16. The first-order valence-electron chi connectivity index (χ1n) is 16.1. The van der Waals surface area contributed by atoms with E-state index < -0.39 is 44.0 Å². The number of nitro groups is 1. The lowest BCUT2D eigenvalue weighted by atomic mass is 10.0. The third-order valence-electron chi connectivity index (χ3n) is 8.36. The van der Waals surface area contributed by atoms with Gasteiger partial charge >= 0.3 is 0 Å². The van der Waals surface area contributed by atoms with Gasteiger partial charge in [-0.3, -0.25) is 24.0 Å². The molecule has 0 saturated carbocycles. The summed E-state index contributed by atoms with van der Waals surface area (Å²) in [5, 5.41) is 14.9. The van der Waals surface area contributed by atoms with Gasteiger partial charge in [0.2, 0.25) is 11.8 Å². The number of nitrogens with one attached hydrogen (secondary N) is 1. The minimum Gasteiger partial charge on any atom is -0.495 e. The number of methoxy groups -OCH3 is 1. The van der Waals surface area contributed by atoms with Crippen molar-refractivity contribution < 1.29 is 27.7 Å². The summed E-state index contributed by atoms with van der Waals surface area (Å²) in [7, 11) is -3.32. The lowest BCUT2D eigenvalue weighted by Crippen LogP contribution is -2.53. The van der Waals surface area contributed by atoms with Gasteiger partial charge in [0.25, 0.3) is 15.7 Å². The second-order valence-electron chi connectivity index (χ2n) is 11.8. The summed E-state index contributed by atoms with van der Waals surface area (Å²) in [5.41, 5.74) is 2.26. The zero-order valence-electron chi connectivity index (χ0n) is 28.5. The smallest absolute Gasteiger partial charge is 0.273 e. The minimum atomic E-state index is -4.67. The summed E-state index contributed by atoms with van der Waals surface area (Å²) >= 11 is 6.35. The highest BCUT2D eigenvalue weighted by Gasteiger charge is 2.36. The van der Waals surface area contributed by atoms with Gasteiger partial charge < -0.3 is 15.0 Å². The quantitative estimate of drug-likeness (QED) is 0.0779. The fraction of sp³-hybridized carbons (Fsp3) is 0.297. The highest BCUT2D eigenvalue weighted by molar-refractivity contribution is 7.92. The number of halogens is 1. The first-order chi connectivity index (χ1) is 23.9. The number of anilines is 1. The number of sulfonamides is 1. The molecule has 0 aliphatic rings. The number of unbranched alkanes of at least 4 members (excludes halogenated alkanes) is 1. The van der Waals surface area contributed by atoms with Crippen LogP contribution in [0.3, 0.4) is 0 Å². The van der Waals surface area contributed by atoms with Gasteiger partial charge in [-0.1, -0.05) is 85.6 Å². The highest BCUT2D eigenvalue weighted by Crippen LogP contribution is 2.36. The van der Waals surface area contributed by atoms with Gasteiger partial charge in [-0.2, -0.15) is 0 Å². The van der Waals surface area contributed by atoms with E-state index in [4.69, 9.17) is 16.3 Å². The molecule has 1 atom stereocenters. The molecule has 0 aliphatic carbocycles. The van der Waals surface area contributed by atoms with Crippen molar-refractivity contribution in [2.75, 3.05) is 24.5 Å².